The number of halogens is 1. The molecule has 0 bridgehead atoms. The highest BCUT2D eigenvalue weighted by Crippen LogP contribution is 2.28. The number of hydrogen-bond donors (Lipinski definition) is 0. The lowest BCUT2D eigenvalue weighted by Gasteiger charge is -2.07. The zero-order valence-electron chi connectivity index (χ0n) is 9.50. The van der Waals surface area contributed by atoms with E-state index in [1.165, 1.54) is 18.3 Å². The van der Waals surface area contributed by atoms with Gasteiger partial charge in [-0.25, -0.2) is 13.4 Å². The highest BCUT2D eigenvalue weighted by molar-refractivity contribution is 8.13. The number of benzene rings is 1. The van der Waals surface area contributed by atoms with Gasteiger partial charge >= 0.3 is 0 Å². The number of aromatic nitrogens is 1. The third-order valence-electron chi connectivity index (χ3n) is 2.20. The van der Waals surface area contributed by atoms with Gasteiger partial charge in [-0.2, -0.15) is 0 Å². The fraction of sp³-hybridized carbons (Fsp3) is 0.0833. The summed E-state index contributed by atoms with van der Waals surface area (Å²) in [7, 11) is 1.43. The van der Waals surface area contributed by atoms with E-state index in [4.69, 9.17) is 15.4 Å². The van der Waals surface area contributed by atoms with Crippen molar-refractivity contribution in [3.8, 4) is 11.6 Å². The molecule has 0 radical (unpaired) electrons. The number of nitrogens with zero attached hydrogens (tertiary/aromatic N) is 1. The molecule has 0 aliphatic carbocycles. The van der Waals surface area contributed by atoms with Crippen molar-refractivity contribution < 1.29 is 13.2 Å². The van der Waals surface area contributed by atoms with Crippen LogP contribution >= 0.6 is 10.7 Å². The molecule has 1 aromatic carbocycles. The van der Waals surface area contributed by atoms with Crippen LogP contribution in [0.3, 0.4) is 0 Å². The molecular weight excluding hydrogens is 274 g/mol. The molecule has 0 atom stereocenters. The van der Waals surface area contributed by atoms with Gasteiger partial charge in [-0.3, -0.25) is 0 Å². The fourth-order valence-electron chi connectivity index (χ4n) is 1.43. The predicted octanol–water partition coefficient (Wildman–Crippen LogP) is 3.11. The Kier molecular flexibility index (Phi) is 3.54. The Labute approximate surface area is 110 Å². The van der Waals surface area contributed by atoms with Gasteiger partial charge < -0.3 is 4.74 Å². The molecule has 4 nitrogen and oxygen atoms in total. The molecule has 1 aromatic heterocycles. The van der Waals surface area contributed by atoms with E-state index in [2.05, 4.69) is 4.98 Å². The summed E-state index contributed by atoms with van der Waals surface area (Å²) >= 11 is 0. The van der Waals surface area contributed by atoms with Gasteiger partial charge in [0.15, 0.2) is 0 Å². The van der Waals surface area contributed by atoms with Crippen molar-refractivity contribution in [2.75, 3.05) is 0 Å². The molecule has 0 saturated heterocycles. The van der Waals surface area contributed by atoms with Crippen LogP contribution < -0.4 is 4.74 Å². The summed E-state index contributed by atoms with van der Waals surface area (Å²) in [6.45, 7) is 1.91. The fourth-order valence-corrected chi connectivity index (χ4v) is 2.33. The summed E-state index contributed by atoms with van der Waals surface area (Å²) in [5.74, 6) is 0.480. The molecule has 2 rings (SSSR count). The Morgan fingerprint density at radius 2 is 2.00 bits per heavy atom. The second kappa shape index (κ2) is 4.96. The van der Waals surface area contributed by atoms with Gasteiger partial charge in [-0.05, 0) is 36.8 Å². The lowest BCUT2D eigenvalue weighted by molar-refractivity contribution is 0.447. The molecule has 2 aromatic rings. The van der Waals surface area contributed by atoms with Crippen molar-refractivity contribution in [1.29, 1.82) is 0 Å². The zero-order valence-corrected chi connectivity index (χ0v) is 11.1. The van der Waals surface area contributed by atoms with Crippen molar-refractivity contribution in [3.05, 3.63) is 48.2 Å². The van der Waals surface area contributed by atoms with Gasteiger partial charge in [0.25, 0.3) is 9.05 Å². The van der Waals surface area contributed by atoms with Crippen LogP contribution in [0, 0.1) is 6.92 Å². The van der Waals surface area contributed by atoms with Gasteiger partial charge in [-0.15, -0.1) is 0 Å². The molecule has 1 heterocycles. The van der Waals surface area contributed by atoms with Gasteiger partial charge in [-0.1, -0.05) is 12.1 Å². The molecule has 0 unspecified atom stereocenters. The Morgan fingerprint density at radius 3 is 2.67 bits per heavy atom. The van der Waals surface area contributed by atoms with Crippen LogP contribution in [0.25, 0.3) is 0 Å². The minimum atomic E-state index is -3.88. The van der Waals surface area contributed by atoms with E-state index in [0.29, 0.717) is 5.75 Å². The number of pyridine rings is 1. The highest BCUT2D eigenvalue weighted by atomic mass is 35.7. The van der Waals surface area contributed by atoms with Crippen LogP contribution in [0.5, 0.6) is 11.6 Å². The summed E-state index contributed by atoms with van der Waals surface area (Å²) in [5.41, 5.74) is 0.999. The molecule has 18 heavy (non-hydrogen) atoms. The minimum Gasteiger partial charge on any atom is -0.438 e. The Hall–Kier alpha value is -1.59. The largest absolute Gasteiger partial charge is 0.438 e. The monoisotopic (exact) mass is 283 g/mol. The second-order valence-corrected chi connectivity index (χ2v) is 6.20. The summed E-state index contributed by atoms with van der Waals surface area (Å²) in [6.07, 6.45) is 1.44. The lowest BCUT2D eigenvalue weighted by atomic mass is 10.2. The summed E-state index contributed by atoms with van der Waals surface area (Å²) in [4.78, 5) is 3.74. The smallest absolute Gasteiger partial charge is 0.266 e. The van der Waals surface area contributed by atoms with E-state index in [0.717, 1.165) is 5.56 Å². The van der Waals surface area contributed by atoms with Gasteiger partial charge in [0.05, 0.1) is 0 Å². The predicted molar refractivity (Wildman–Crippen MR) is 68.5 cm³/mol. The Morgan fingerprint density at radius 1 is 1.22 bits per heavy atom. The highest BCUT2D eigenvalue weighted by Gasteiger charge is 2.18. The maximum Gasteiger partial charge on any atom is 0.266 e. The van der Waals surface area contributed by atoms with Crippen molar-refractivity contribution >= 4 is 19.7 Å². The third-order valence-corrected chi connectivity index (χ3v) is 3.54. The molecule has 0 saturated carbocycles. The second-order valence-electron chi connectivity index (χ2n) is 3.66. The number of ether oxygens (including phenoxy) is 1. The SMILES string of the molecule is Cc1cccc(Oc2ncccc2S(=O)(=O)Cl)c1. The van der Waals surface area contributed by atoms with Crippen LogP contribution in [0.15, 0.2) is 47.5 Å². The van der Waals surface area contributed by atoms with Crippen LogP contribution in [0.2, 0.25) is 0 Å². The molecular formula is C12H10ClNO3S. The normalized spacial score (nSPS) is 11.2. The molecule has 0 N–H and O–H groups in total. The first-order valence-corrected chi connectivity index (χ1v) is 7.42. The van der Waals surface area contributed by atoms with Gasteiger partial charge in [0.1, 0.15) is 10.6 Å². The quantitative estimate of drug-likeness (QED) is 0.812. The Bertz CT molecular complexity index is 671. The van der Waals surface area contributed by atoms with Crippen molar-refractivity contribution in [1.82, 2.24) is 4.98 Å². The van der Waals surface area contributed by atoms with Gasteiger partial charge in [0.2, 0.25) is 5.88 Å². The average Bonchev–Trinajstić information content (AvgIpc) is 2.28. The number of hydrogen-bond acceptors (Lipinski definition) is 4. The summed E-state index contributed by atoms with van der Waals surface area (Å²) in [5, 5.41) is 0. The third kappa shape index (κ3) is 3.00. The molecule has 0 fully saturated rings. The number of rotatable bonds is 3. The van der Waals surface area contributed by atoms with Gasteiger partial charge in [0, 0.05) is 16.9 Å². The maximum absolute atomic E-state index is 11.4. The molecule has 94 valence electrons. The lowest BCUT2D eigenvalue weighted by Crippen LogP contribution is -1.97. The summed E-state index contributed by atoms with van der Waals surface area (Å²) < 4.78 is 28.2. The van der Waals surface area contributed by atoms with Crippen LogP contribution in [-0.2, 0) is 9.05 Å². The molecule has 0 spiro atoms. The standard InChI is InChI=1S/C12H10ClNO3S/c1-9-4-2-5-10(8-9)17-12-11(18(13,15)16)6-3-7-14-12/h2-8H,1H3. The van der Waals surface area contributed by atoms with Crippen LogP contribution in [0.4, 0.5) is 0 Å². The zero-order chi connectivity index (χ0) is 13.2. The van der Waals surface area contributed by atoms with E-state index in [1.807, 2.05) is 19.1 Å². The maximum atomic E-state index is 11.4. The summed E-state index contributed by atoms with van der Waals surface area (Å²) in [6, 6.07) is 10.0. The van der Waals surface area contributed by atoms with Crippen molar-refractivity contribution in [2.24, 2.45) is 0 Å². The molecule has 0 aliphatic heterocycles. The van der Waals surface area contributed by atoms with Crippen molar-refractivity contribution in [2.45, 2.75) is 11.8 Å². The molecule has 6 heteroatoms. The minimum absolute atomic E-state index is 0.0295. The molecule has 0 aliphatic rings. The first kappa shape index (κ1) is 12.9. The van der Waals surface area contributed by atoms with E-state index in [-0.39, 0.29) is 10.8 Å². The topological polar surface area (TPSA) is 56.3 Å². The van der Waals surface area contributed by atoms with E-state index in [9.17, 15) is 8.42 Å². The van der Waals surface area contributed by atoms with Crippen LogP contribution in [0.1, 0.15) is 5.56 Å². The first-order valence-electron chi connectivity index (χ1n) is 5.11. The molecule has 0 amide bonds. The average molecular weight is 284 g/mol. The van der Waals surface area contributed by atoms with Crippen molar-refractivity contribution in [3.63, 3.8) is 0 Å². The van der Waals surface area contributed by atoms with E-state index in [1.54, 1.807) is 12.1 Å². The van der Waals surface area contributed by atoms with E-state index >= 15 is 0 Å². The Balaban J connectivity index is 2.41. The van der Waals surface area contributed by atoms with E-state index < -0.39 is 9.05 Å². The number of aryl methyl sites for hydroxylation is 1. The first-order chi connectivity index (χ1) is 8.47. The van der Waals surface area contributed by atoms with Crippen LogP contribution in [-0.4, -0.2) is 13.4 Å².